The molecule has 1 amide bonds. The van der Waals surface area contributed by atoms with Crippen molar-refractivity contribution >= 4 is 17.3 Å². The van der Waals surface area contributed by atoms with Gasteiger partial charge in [0, 0.05) is 25.5 Å². The van der Waals surface area contributed by atoms with Gasteiger partial charge in [0.25, 0.3) is 5.91 Å². The number of carbonyl (C=O) groups is 1. The van der Waals surface area contributed by atoms with E-state index in [1.54, 1.807) is 6.92 Å². The molecule has 4 nitrogen and oxygen atoms in total. The minimum atomic E-state index is -0.560. The predicted molar refractivity (Wildman–Crippen MR) is 95.3 cm³/mol. The first-order chi connectivity index (χ1) is 11.0. The minimum Gasteiger partial charge on any atom is -0.481 e. The van der Waals surface area contributed by atoms with Gasteiger partial charge in [-0.2, -0.15) is 0 Å². The van der Waals surface area contributed by atoms with Gasteiger partial charge in [0.05, 0.1) is 0 Å². The molecule has 122 valence electrons. The summed E-state index contributed by atoms with van der Waals surface area (Å²) < 4.78 is 5.73. The van der Waals surface area contributed by atoms with Gasteiger partial charge in [0.1, 0.15) is 5.75 Å². The molecule has 1 atom stereocenters. The minimum absolute atomic E-state index is 0.162. The van der Waals surface area contributed by atoms with Crippen LogP contribution in [0.15, 0.2) is 48.5 Å². The number of aryl methyl sites for hydroxylation is 1. The van der Waals surface area contributed by atoms with E-state index < -0.39 is 6.10 Å². The van der Waals surface area contributed by atoms with Crippen molar-refractivity contribution in [1.29, 1.82) is 0 Å². The van der Waals surface area contributed by atoms with E-state index in [2.05, 4.69) is 12.2 Å². The van der Waals surface area contributed by atoms with E-state index in [9.17, 15) is 4.79 Å². The van der Waals surface area contributed by atoms with Crippen molar-refractivity contribution in [2.24, 2.45) is 0 Å². The van der Waals surface area contributed by atoms with Crippen molar-refractivity contribution < 1.29 is 9.53 Å². The normalized spacial score (nSPS) is 11.7. The number of anilines is 2. The van der Waals surface area contributed by atoms with E-state index >= 15 is 0 Å². The Balaban J connectivity index is 1.96. The van der Waals surface area contributed by atoms with Crippen LogP contribution in [-0.2, 0) is 11.2 Å². The molecule has 0 aliphatic heterocycles. The molecule has 0 saturated carbocycles. The Hall–Kier alpha value is -2.49. The molecule has 1 unspecified atom stereocenters. The number of benzene rings is 2. The van der Waals surface area contributed by atoms with Crippen molar-refractivity contribution in [3.05, 3.63) is 54.1 Å². The fourth-order valence-electron chi connectivity index (χ4n) is 2.18. The average Bonchev–Trinajstić information content (AvgIpc) is 2.55. The molecular weight excluding hydrogens is 288 g/mol. The average molecular weight is 312 g/mol. The first-order valence-corrected chi connectivity index (χ1v) is 7.83. The van der Waals surface area contributed by atoms with Gasteiger partial charge in [0.2, 0.25) is 0 Å². The first kappa shape index (κ1) is 16.9. The molecule has 0 saturated heterocycles. The van der Waals surface area contributed by atoms with E-state index in [1.165, 1.54) is 5.56 Å². The second kappa shape index (κ2) is 7.68. The van der Waals surface area contributed by atoms with E-state index in [4.69, 9.17) is 4.74 Å². The monoisotopic (exact) mass is 312 g/mol. The van der Waals surface area contributed by atoms with E-state index in [0.717, 1.165) is 23.5 Å². The molecule has 0 radical (unpaired) electrons. The summed E-state index contributed by atoms with van der Waals surface area (Å²) in [6.07, 6.45) is 0.381. The zero-order valence-electron chi connectivity index (χ0n) is 14.2. The van der Waals surface area contributed by atoms with Crippen LogP contribution in [0.2, 0.25) is 0 Å². The molecule has 0 heterocycles. The summed E-state index contributed by atoms with van der Waals surface area (Å²) >= 11 is 0. The summed E-state index contributed by atoms with van der Waals surface area (Å²) in [7, 11) is 3.96. The number of hydrogen-bond acceptors (Lipinski definition) is 3. The van der Waals surface area contributed by atoms with Crippen LogP contribution in [-0.4, -0.2) is 26.1 Å². The summed E-state index contributed by atoms with van der Waals surface area (Å²) in [5.41, 5.74) is 3.04. The van der Waals surface area contributed by atoms with Crippen molar-refractivity contribution in [2.75, 3.05) is 24.3 Å². The molecule has 2 rings (SSSR count). The molecule has 0 spiro atoms. The van der Waals surface area contributed by atoms with Gasteiger partial charge in [-0.05, 0) is 55.3 Å². The predicted octanol–water partition coefficient (Wildman–Crippen LogP) is 3.72. The Morgan fingerprint density at radius 2 is 1.87 bits per heavy atom. The van der Waals surface area contributed by atoms with Gasteiger partial charge in [-0.1, -0.05) is 19.1 Å². The smallest absolute Gasteiger partial charge is 0.265 e. The molecule has 0 bridgehead atoms. The van der Waals surface area contributed by atoms with Gasteiger partial charge in [-0.15, -0.1) is 0 Å². The number of rotatable bonds is 6. The number of hydrogen-bond donors (Lipinski definition) is 1. The molecule has 2 aromatic carbocycles. The van der Waals surface area contributed by atoms with Crippen LogP contribution in [0.4, 0.5) is 11.4 Å². The standard InChI is InChI=1S/C19H24N2O2/c1-5-15-7-6-8-18(13-15)23-14(2)19(22)20-16-9-11-17(12-10-16)21(3)4/h6-14H,5H2,1-4H3,(H,20,22). The maximum atomic E-state index is 12.2. The lowest BCUT2D eigenvalue weighted by molar-refractivity contribution is -0.122. The molecule has 0 aliphatic rings. The summed E-state index contributed by atoms with van der Waals surface area (Å²) in [6, 6.07) is 15.5. The second-order valence-corrected chi connectivity index (χ2v) is 5.69. The van der Waals surface area contributed by atoms with Crippen LogP contribution in [0.1, 0.15) is 19.4 Å². The van der Waals surface area contributed by atoms with Crippen LogP contribution in [0.25, 0.3) is 0 Å². The highest BCUT2D eigenvalue weighted by atomic mass is 16.5. The number of nitrogens with zero attached hydrogens (tertiary/aromatic N) is 1. The fraction of sp³-hybridized carbons (Fsp3) is 0.316. The highest BCUT2D eigenvalue weighted by molar-refractivity contribution is 5.94. The van der Waals surface area contributed by atoms with Crippen LogP contribution >= 0.6 is 0 Å². The van der Waals surface area contributed by atoms with Gasteiger partial charge in [-0.25, -0.2) is 0 Å². The van der Waals surface area contributed by atoms with Gasteiger partial charge < -0.3 is 15.0 Å². The van der Waals surface area contributed by atoms with Crippen LogP contribution < -0.4 is 15.0 Å². The number of ether oxygens (including phenoxy) is 1. The zero-order chi connectivity index (χ0) is 16.8. The molecular formula is C19H24N2O2. The topological polar surface area (TPSA) is 41.6 Å². The lowest BCUT2D eigenvalue weighted by Crippen LogP contribution is -2.30. The number of amides is 1. The molecule has 2 aromatic rings. The largest absolute Gasteiger partial charge is 0.481 e. The molecule has 0 aromatic heterocycles. The molecule has 4 heteroatoms. The number of nitrogens with one attached hydrogen (secondary N) is 1. The summed E-state index contributed by atoms with van der Waals surface area (Å²) in [5, 5.41) is 2.87. The van der Waals surface area contributed by atoms with Gasteiger partial charge in [0.15, 0.2) is 6.10 Å². The Kier molecular flexibility index (Phi) is 5.63. The SMILES string of the molecule is CCc1cccc(OC(C)C(=O)Nc2ccc(N(C)C)cc2)c1. The maximum Gasteiger partial charge on any atom is 0.265 e. The summed E-state index contributed by atoms with van der Waals surface area (Å²) in [5.74, 6) is 0.555. The highest BCUT2D eigenvalue weighted by Gasteiger charge is 2.15. The van der Waals surface area contributed by atoms with Crippen molar-refractivity contribution in [2.45, 2.75) is 26.4 Å². The first-order valence-electron chi connectivity index (χ1n) is 7.83. The van der Waals surface area contributed by atoms with Gasteiger partial charge >= 0.3 is 0 Å². The third-order valence-electron chi connectivity index (χ3n) is 3.64. The summed E-state index contributed by atoms with van der Waals surface area (Å²) in [6.45, 7) is 3.84. The van der Waals surface area contributed by atoms with Gasteiger partial charge in [-0.3, -0.25) is 4.79 Å². The van der Waals surface area contributed by atoms with Crippen molar-refractivity contribution in [1.82, 2.24) is 0 Å². The quantitative estimate of drug-likeness (QED) is 0.884. The van der Waals surface area contributed by atoms with Crippen LogP contribution in [0.3, 0.4) is 0 Å². The highest BCUT2D eigenvalue weighted by Crippen LogP contribution is 2.18. The Morgan fingerprint density at radius 1 is 1.17 bits per heavy atom. The third-order valence-corrected chi connectivity index (χ3v) is 3.64. The number of carbonyl (C=O) groups excluding carboxylic acids is 1. The molecule has 0 aliphatic carbocycles. The fourth-order valence-corrected chi connectivity index (χ4v) is 2.18. The van der Waals surface area contributed by atoms with Crippen molar-refractivity contribution in [3.8, 4) is 5.75 Å². The molecule has 1 N–H and O–H groups in total. The van der Waals surface area contributed by atoms with Crippen LogP contribution in [0.5, 0.6) is 5.75 Å². The van der Waals surface area contributed by atoms with E-state index in [1.807, 2.05) is 67.5 Å². The molecule has 23 heavy (non-hydrogen) atoms. The van der Waals surface area contributed by atoms with E-state index in [0.29, 0.717) is 0 Å². The second-order valence-electron chi connectivity index (χ2n) is 5.69. The zero-order valence-corrected chi connectivity index (χ0v) is 14.2. The lowest BCUT2D eigenvalue weighted by Gasteiger charge is -2.16. The van der Waals surface area contributed by atoms with E-state index in [-0.39, 0.29) is 5.91 Å². The van der Waals surface area contributed by atoms with Crippen LogP contribution in [0, 0.1) is 0 Å². The Bertz CT molecular complexity index is 651. The lowest BCUT2D eigenvalue weighted by atomic mass is 10.2. The maximum absolute atomic E-state index is 12.2. The molecule has 0 fully saturated rings. The summed E-state index contributed by atoms with van der Waals surface area (Å²) in [4.78, 5) is 14.3. The van der Waals surface area contributed by atoms with Crippen molar-refractivity contribution in [3.63, 3.8) is 0 Å². The Morgan fingerprint density at radius 3 is 2.48 bits per heavy atom. The third kappa shape index (κ3) is 4.74. The Labute approximate surface area is 138 Å².